The summed E-state index contributed by atoms with van der Waals surface area (Å²) in [6, 6.07) is 0. The Balaban J connectivity index is 2.45. The molecule has 1 heterocycles. The standard InChI is InChI=1S/C9H17BrO/c1-8(2)5-9(6-10)3-4-11-7-9/h8H,3-7H2,1-2H3. The summed E-state index contributed by atoms with van der Waals surface area (Å²) in [5.74, 6) is 0.786. The average Bonchev–Trinajstić information content (AvgIpc) is 2.36. The van der Waals surface area contributed by atoms with Gasteiger partial charge in [0.1, 0.15) is 0 Å². The molecule has 0 aromatic rings. The minimum atomic E-state index is 0.453. The smallest absolute Gasteiger partial charge is 0.0531 e. The third-order valence-corrected chi connectivity index (χ3v) is 3.50. The highest BCUT2D eigenvalue weighted by atomic mass is 79.9. The largest absolute Gasteiger partial charge is 0.381 e. The first kappa shape index (κ1) is 9.53. The molecule has 2 heteroatoms. The van der Waals surface area contributed by atoms with E-state index in [0.29, 0.717) is 5.41 Å². The van der Waals surface area contributed by atoms with Crippen molar-refractivity contribution in [3.8, 4) is 0 Å². The van der Waals surface area contributed by atoms with Crippen LogP contribution in [0.4, 0.5) is 0 Å². The molecule has 0 aromatic carbocycles. The Bertz CT molecular complexity index is 117. The van der Waals surface area contributed by atoms with Gasteiger partial charge in [0, 0.05) is 17.4 Å². The molecule has 0 bridgehead atoms. The molecule has 0 aromatic heterocycles. The zero-order valence-electron chi connectivity index (χ0n) is 7.40. The Morgan fingerprint density at radius 2 is 2.27 bits per heavy atom. The summed E-state index contributed by atoms with van der Waals surface area (Å²) in [7, 11) is 0. The van der Waals surface area contributed by atoms with Crippen LogP contribution in [0.2, 0.25) is 0 Å². The molecule has 0 saturated carbocycles. The van der Waals surface area contributed by atoms with E-state index in [4.69, 9.17) is 4.74 Å². The van der Waals surface area contributed by atoms with E-state index in [1.54, 1.807) is 0 Å². The van der Waals surface area contributed by atoms with Crippen LogP contribution >= 0.6 is 15.9 Å². The summed E-state index contributed by atoms with van der Waals surface area (Å²) in [5.41, 5.74) is 0.453. The quantitative estimate of drug-likeness (QED) is 0.666. The van der Waals surface area contributed by atoms with Gasteiger partial charge in [0.15, 0.2) is 0 Å². The summed E-state index contributed by atoms with van der Waals surface area (Å²) >= 11 is 3.58. The van der Waals surface area contributed by atoms with Crippen molar-refractivity contribution in [2.45, 2.75) is 26.7 Å². The Hall–Kier alpha value is 0.440. The SMILES string of the molecule is CC(C)CC1(CBr)CCOC1. The van der Waals surface area contributed by atoms with Gasteiger partial charge >= 0.3 is 0 Å². The molecule has 0 radical (unpaired) electrons. The molecule has 1 atom stereocenters. The lowest BCUT2D eigenvalue weighted by molar-refractivity contribution is 0.150. The summed E-state index contributed by atoms with van der Waals surface area (Å²) < 4.78 is 5.42. The van der Waals surface area contributed by atoms with Crippen LogP contribution in [0.5, 0.6) is 0 Å². The van der Waals surface area contributed by atoms with Gasteiger partial charge in [-0.2, -0.15) is 0 Å². The molecule has 1 aliphatic rings. The van der Waals surface area contributed by atoms with Gasteiger partial charge < -0.3 is 4.74 Å². The van der Waals surface area contributed by atoms with Crippen LogP contribution in [-0.4, -0.2) is 18.5 Å². The van der Waals surface area contributed by atoms with Gasteiger partial charge in [-0.05, 0) is 18.8 Å². The van der Waals surface area contributed by atoms with Gasteiger partial charge in [-0.15, -0.1) is 0 Å². The molecule has 11 heavy (non-hydrogen) atoms. The lowest BCUT2D eigenvalue weighted by Gasteiger charge is -2.26. The second-order valence-corrected chi connectivity index (χ2v) is 4.59. The summed E-state index contributed by atoms with van der Waals surface area (Å²) in [6.07, 6.45) is 2.52. The second kappa shape index (κ2) is 3.90. The first-order valence-corrected chi connectivity index (χ1v) is 5.44. The summed E-state index contributed by atoms with van der Waals surface area (Å²) in [4.78, 5) is 0. The number of hydrogen-bond acceptors (Lipinski definition) is 1. The van der Waals surface area contributed by atoms with Crippen LogP contribution in [0, 0.1) is 11.3 Å². The maximum atomic E-state index is 5.42. The van der Waals surface area contributed by atoms with Crippen LogP contribution in [0.1, 0.15) is 26.7 Å². The molecular weight excluding hydrogens is 204 g/mol. The van der Waals surface area contributed by atoms with E-state index in [1.165, 1.54) is 12.8 Å². The molecule has 1 aliphatic heterocycles. The van der Waals surface area contributed by atoms with Crippen LogP contribution in [0.3, 0.4) is 0 Å². The van der Waals surface area contributed by atoms with E-state index in [9.17, 15) is 0 Å². The van der Waals surface area contributed by atoms with Gasteiger partial charge in [-0.3, -0.25) is 0 Å². The van der Waals surface area contributed by atoms with E-state index >= 15 is 0 Å². The first-order chi connectivity index (χ1) is 5.18. The zero-order chi connectivity index (χ0) is 8.32. The van der Waals surface area contributed by atoms with Crippen molar-refractivity contribution < 1.29 is 4.74 Å². The fourth-order valence-corrected chi connectivity index (χ4v) is 2.51. The van der Waals surface area contributed by atoms with Crippen molar-refractivity contribution in [2.75, 3.05) is 18.5 Å². The van der Waals surface area contributed by atoms with Gasteiger partial charge in [-0.1, -0.05) is 29.8 Å². The number of rotatable bonds is 3. The topological polar surface area (TPSA) is 9.23 Å². The molecule has 1 fully saturated rings. The van der Waals surface area contributed by atoms with Crippen LogP contribution in [-0.2, 0) is 4.74 Å². The normalized spacial score (nSPS) is 31.6. The van der Waals surface area contributed by atoms with E-state index in [1.807, 2.05) is 0 Å². The van der Waals surface area contributed by atoms with E-state index in [0.717, 1.165) is 24.5 Å². The molecule has 0 amide bonds. The predicted octanol–water partition coefficient (Wildman–Crippen LogP) is 2.83. The highest BCUT2D eigenvalue weighted by Gasteiger charge is 2.34. The average molecular weight is 221 g/mol. The molecule has 0 aliphatic carbocycles. The van der Waals surface area contributed by atoms with Crippen molar-refractivity contribution >= 4 is 15.9 Å². The monoisotopic (exact) mass is 220 g/mol. The van der Waals surface area contributed by atoms with Gasteiger partial charge in [0.2, 0.25) is 0 Å². The Kier molecular flexibility index (Phi) is 3.38. The van der Waals surface area contributed by atoms with E-state index < -0.39 is 0 Å². The number of hydrogen-bond donors (Lipinski definition) is 0. The Morgan fingerprint density at radius 1 is 1.55 bits per heavy atom. The minimum Gasteiger partial charge on any atom is -0.381 e. The molecule has 0 N–H and O–H groups in total. The third-order valence-electron chi connectivity index (χ3n) is 2.31. The number of halogens is 1. The summed E-state index contributed by atoms with van der Waals surface area (Å²) in [5, 5.41) is 1.10. The maximum Gasteiger partial charge on any atom is 0.0531 e. The van der Waals surface area contributed by atoms with Gasteiger partial charge in [-0.25, -0.2) is 0 Å². The van der Waals surface area contributed by atoms with Crippen LogP contribution < -0.4 is 0 Å². The zero-order valence-corrected chi connectivity index (χ0v) is 8.99. The van der Waals surface area contributed by atoms with Crippen molar-refractivity contribution in [1.29, 1.82) is 0 Å². The molecular formula is C9H17BrO. The number of alkyl halides is 1. The van der Waals surface area contributed by atoms with E-state index in [2.05, 4.69) is 29.8 Å². The van der Waals surface area contributed by atoms with Gasteiger partial charge in [0.05, 0.1) is 6.61 Å². The Morgan fingerprint density at radius 3 is 2.64 bits per heavy atom. The molecule has 1 saturated heterocycles. The fraction of sp³-hybridized carbons (Fsp3) is 1.00. The molecule has 1 nitrogen and oxygen atoms in total. The molecule has 0 spiro atoms. The fourth-order valence-electron chi connectivity index (χ4n) is 1.84. The summed E-state index contributed by atoms with van der Waals surface area (Å²) in [6.45, 7) is 6.47. The Labute approximate surface area is 77.6 Å². The van der Waals surface area contributed by atoms with Gasteiger partial charge in [0.25, 0.3) is 0 Å². The maximum absolute atomic E-state index is 5.42. The van der Waals surface area contributed by atoms with Crippen molar-refractivity contribution in [3.63, 3.8) is 0 Å². The molecule has 66 valence electrons. The second-order valence-electron chi connectivity index (χ2n) is 4.03. The van der Waals surface area contributed by atoms with Crippen molar-refractivity contribution in [2.24, 2.45) is 11.3 Å². The minimum absolute atomic E-state index is 0.453. The van der Waals surface area contributed by atoms with Crippen LogP contribution in [0.15, 0.2) is 0 Å². The highest BCUT2D eigenvalue weighted by molar-refractivity contribution is 9.09. The van der Waals surface area contributed by atoms with E-state index in [-0.39, 0.29) is 0 Å². The first-order valence-electron chi connectivity index (χ1n) is 4.32. The van der Waals surface area contributed by atoms with Crippen molar-refractivity contribution in [3.05, 3.63) is 0 Å². The third kappa shape index (κ3) is 2.45. The molecule has 1 rings (SSSR count). The highest BCUT2D eigenvalue weighted by Crippen LogP contribution is 2.36. The lowest BCUT2D eigenvalue weighted by atomic mass is 9.81. The molecule has 1 unspecified atom stereocenters. The predicted molar refractivity (Wildman–Crippen MR) is 51.1 cm³/mol. The number of ether oxygens (including phenoxy) is 1. The van der Waals surface area contributed by atoms with Crippen LogP contribution in [0.25, 0.3) is 0 Å². The lowest BCUT2D eigenvalue weighted by Crippen LogP contribution is -2.24. The van der Waals surface area contributed by atoms with Crippen molar-refractivity contribution in [1.82, 2.24) is 0 Å².